The number of thiazole rings is 1. The molecule has 3 rings (SSSR count). The van der Waals surface area contributed by atoms with Crippen molar-refractivity contribution in [3.8, 4) is 0 Å². The zero-order valence-electron chi connectivity index (χ0n) is 16.2. The summed E-state index contributed by atoms with van der Waals surface area (Å²) < 4.78 is 19.8. The van der Waals surface area contributed by atoms with Crippen molar-refractivity contribution in [1.82, 2.24) is 15.6 Å². The quantitative estimate of drug-likeness (QED) is 0.349. The third-order valence-electron chi connectivity index (χ3n) is 4.40. The molecule has 6 nitrogen and oxygen atoms in total. The van der Waals surface area contributed by atoms with E-state index in [4.69, 9.17) is 4.74 Å². The molecule has 0 spiro atoms. The van der Waals surface area contributed by atoms with Crippen molar-refractivity contribution >= 4 is 47.0 Å². The lowest BCUT2D eigenvalue weighted by molar-refractivity contribution is 0.122. The Morgan fingerprint density at radius 3 is 2.68 bits per heavy atom. The lowest BCUT2D eigenvalue weighted by Gasteiger charge is -2.29. The maximum absolute atomic E-state index is 14.5. The average Bonchev–Trinajstić information content (AvgIpc) is 3.17. The van der Waals surface area contributed by atoms with Gasteiger partial charge in [0.2, 0.25) is 0 Å². The van der Waals surface area contributed by atoms with Gasteiger partial charge in [0.15, 0.2) is 5.96 Å². The minimum atomic E-state index is -0.200. The Hall–Kier alpha value is -1.46. The SMILES string of the molecule is CCc1cnc(CNC(=NC)NCc2ccc(N3CCOCC3)c(F)c2)s1.I. The van der Waals surface area contributed by atoms with Crippen LogP contribution in [0.4, 0.5) is 10.1 Å². The minimum absolute atomic E-state index is 0. The fourth-order valence-electron chi connectivity index (χ4n) is 2.88. The number of aryl methyl sites for hydroxylation is 1. The molecule has 28 heavy (non-hydrogen) atoms. The Bertz CT molecular complexity index is 779. The molecule has 154 valence electrons. The molecule has 1 aromatic heterocycles. The van der Waals surface area contributed by atoms with Gasteiger partial charge in [-0.25, -0.2) is 9.37 Å². The predicted molar refractivity (Wildman–Crippen MR) is 123 cm³/mol. The van der Waals surface area contributed by atoms with Crippen LogP contribution in [0.2, 0.25) is 0 Å². The van der Waals surface area contributed by atoms with Crippen molar-refractivity contribution in [2.75, 3.05) is 38.3 Å². The number of hydrogen-bond acceptors (Lipinski definition) is 5. The van der Waals surface area contributed by atoms with Crippen LogP contribution in [-0.4, -0.2) is 44.3 Å². The van der Waals surface area contributed by atoms with Crippen molar-refractivity contribution in [2.24, 2.45) is 4.99 Å². The van der Waals surface area contributed by atoms with Crippen molar-refractivity contribution < 1.29 is 9.13 Å². The first-order valence-electron chi connectivity index (χ1n) is 9.18. The number of rotatable bonds is 6. The number of ether oxygens (including phenoxy) is 1. The lowest BCUT2D eigenvalue weighted by atomic mass is 10.1. The van der Waals surface area contributed by atoms with Crippen molar-refractivity contribution in [3.63, 3.8) is 0 Å². The molecule has 1 fully saturated rings. The molecule has 1 aliphatic heterocycles. The van der Waals surface area contributed by atoms with E-state index in [0.717, 1.165) is 30.1 Å². The van der Waals surface area contributed by atoms with E-state index >= 15 is 0 Å². The molecule has 0 aliphatic carbocycles. The van der Waals surface area contributed by atoms with Gasteiger partial charge in [0, 0.05) is 37.8 Å². The normalized spacial score (nSPS) is 14.5. The number of nitrogens with one attached hydrogen (secondary N) is 2. The number of halogens is 2. The van der Waals surface area contributed by atoms with E-state index in [1.807, 2.05) is 23.2 Å². The summed E-state index contributed by atoms with van der Waals surface area (Å²) in [4.78, 5) is 11.9. The zero-order chi connectivity index (χ0) is 19.1. The standard InChI is InChI=1S/C19H26FN5OS.HI/c1-3-15-12-22-18(27-15)13-24-19(21-2)23-11-14-4-5-17(16(20)10-14)25-6-8-26-9-7-25;/h4-5,10,12H,3,6-9,11,13H2,1-2H3,(H2,21,23,24);1H. The predicted octanol–water partition coefficient (Wildman–Crippen LogP) is 3.16. The molecule has 0 radical (unpaired) electrons. The van der Waals surface area contributed by atoms with Gasteiger partial charge in [0.25, 0.3) is 0 Å². The fraction of sp³-hybridized carbons (Fsp3) is 0.474. The first-order chi connectivity index (χ1) is 13.2. The number of morpholine rings is 1. The van der Waals surface area contributed by atoms with Crippen molar-refractivity contribution in [1.29, 1.82) is 0 Å². The van der Waals surface area contributed by atoms with Crippen molar-refractivity contribution in [2.45, 2.75) is 26.4 Å². The van der Waals surface area contributed by atoms with E-state index < -0.39 is 0 Å². The molecule has 0 atom stereocenters. The Labute approximate surface area is 186 Å². The smallest absolute Gasteiger partial charge is 0.191 e. The van der Waals surface area contributed by atoms with E-state index in [-0.39, 0.29) is 29.8 Å². The topological polar surface area (TPSA) is 61.8 Å². The van der Waals surface area contributed by atoms with Gasteiger partial charge in [-0.2, -0.15) is 0 Å². The molecule has 2 aromatic rings. The number of aromatic nitrogens is 1. The summed E-state index contributed by atoms with van der Waals surface area (Å²) >= 11 is 1.70. The van der Waals surface area contributed by atoms with E-state index in [9.17, 15) is 4.39 Å². The van der Waals surface area contributed by atoms with Crippen LogP contribution in [0, 0.1) is 5.82 Å². The maximum atomic E-state index is 14.5. The van der Waals surface area contributed by atoms with Gasteiger partial charge in [0.1, 0.15) is 10.8 Å². The molecule has 9 heteroatoms. The van der Waals surface area contributed by atoms with Gasteiger partial charge in [-0.05, 0) is 24.1 Å². The van der Waals surface area contributed by atoms with Crippen LogP contribution in [0.1, 0.15) is 22.4 Å². The third-order valence-corrected chi connectivity index (χ3v) is 5.55. The van der Waals surface area contributed by atoms with E-state index in [0.29, 0.717) is 38.0 Å². The first kappa shape index (κ1) is 22.8. The second-order valence-electron chi connectivity index (χ2n) is 6.24. The fourth-order valence-corrected chi connectivity index (χ4v) is 3.68. The monoisotopic (exact) mass is 519 g/mol. The highest BCUT2D eigenvalue weighted by molar-refractivity contribution is 14.0. The van der Waals surface area contributed by atoms with Gasteiger partial charge in [-0.15, -0.1) is 35.3 Å². The van der Waals surface area contributed by atoms with Gasteiger partial charge >= 0.3 is 0 Å². The summed E-state index contributed by atoms with van der Waals surface area (Å²) in [6.07, 6.45) is 2.91. The molecule has 2 N–H and O–H groups in total. The van der Waals surface area contributed by atoms with Crippen LogP contribution in [0.3, 0.4) is 0 Å². The Morgan fingerprint density at radius 2 is 2.04 bits per heavy atom. The number of guanidine groups is 1. The largest absolute Gasteiger partial charge is 0.378 e. The second kappa shape index (κ2) is 11.5. The average molecular weight is 519 g/mol. The number of hydrogen-bond donors (Lipinski definition) is 2. The highest BCUT2D eigenvalue weighted by Crippen LogP contribution is 2.21. The molecule has 1 aliphatic rings. The van der Waals surface area contributed by atoms with E-state index in [1.54, 1.807) is 24.5 Å². The first-order valence-corrected chi connectivity index (χ1v) is 10.0. The summed E-state index contributed by atoms with van der Waals surface area (Å²) in [5, 5.41) is 7.48. The highest BCUT2D eigenvalue weighted by Gasteiger charge is 2.15. The third kappa shape index (κ3) is 6.28. The summed E-state index contributed by atoms with van der Waals surface area (Å²) in [5.41, 5.74) is 1.51. The number of benzene rings is 1. The summed E-state index contributed by atoms with van der Waals surface area (Å²) in [7, 11) is 1.72. The molecular formula is C19H27FIN5OS. The van der Waals surface area contributed by atoms with Crippen LogP contribution >= 0.6 is 35.3 Å². The van der Waals surface area contributed by atoms with E-state index in [1.165, 1.54) is 4.88 Å². The summed E-state index contributed by atoms with van der Waals surface area (Å²) in [6.45, 7) is 5.97. The van der Waals surface area contributed by atoms with Crippen LogP contribution in [0.5, 0.6) is 0 Å². The number of anilines is 1. The number of aliphatic imine (C=N–C) groups is 1. The van der Waals surface area contributed by atoms with Crippen molar-refractivity contribution in [3.05, 3.63) is 45.7 Å². The molecule has 1 saturated heterocycles. The molecule has 0 saturated carbocycles. The van der Waals surface area contributed by atoms with Gasteiger partial charge in [-0.1, -0.05) is 13.0 Å². The van der Waals surface area contributed by atoms with Crippen LogP contribution in [-0.2, 0) is 24.2 Å². The summed E-state index contributed by atoms with van der Waals surface area (Å²) in [5.74, 6) is 0.468. The van der Waals surface area contributed by atoms with Gasteiger partial charge in [-0.3, -0.25) is 4.99 Å². The van der Waals surface area contributed by atoms with Crippen LogP contribution in [0.25, 0.3) is 0 Å². The maximum Gasteiger partial charge on any atom is 0.191 e. The molecule has 0 bridgehead atoms. The van der Waals surface area contributed by atoms with Gasteiger partial charge < -0.3 is 20.3 Å². The molecular weight excluding hydrogens is 492 g/mol. The zero-order valence-corrected chi connectivity index (χ0v) is 19.4. The second-order valence-corrected chi connectivity index (χ2v) is 7.44. The Kier molecular flexibility index (Phi) is 9.39. The minimum Gasteiger partial charge on any atom is -0.378 e. The molecule has 0 amide bonds. The lowest BCUT2D eigenvalue weighted by Crippen LogP contribution is -2.37. The Balaban J connectivity index is 0.00000280. The van der Waals surface area contributed by atoms with Crippen LogP contribution < -0.4 is 15.5 Å². The molecule has 0 unspecified atom stereocenters. The van der Waals surface area contributed by atoms with E-state index in [2.05, 4.69) is 27.5 Å². The van der Waals surface area contributed by atoms with Crippen LogP contribution in [0.15, 0.2) is 29.4 Å². The van der Waals surface area contributed by atoms with Gasteiger partial charge in [0.05, 0.1) is 25.4 Å². The summed E-state index contributed by atoms with van der Waals surface area (Å²) in [6, 6.07) is 5.37. The Morgan fingerprint density at radius 1 is 1.29 bits per heavy atom. The molecule has 2 heterocycles. The highest BCUT2D eigenvalue weighted by atomic mass is 127. The number of nitrogens with zero attached hydrogens (tertiary/aromatic N) is 3. The molecule has 1 aromatic carbocycles.